The molecule has 0 spiro atoms. The average molecular weight is 223 g/mol. The van der Waals surface area contributed by atoms with Crippen molar-refractivity contribution in [1.29, 1.82) is 0 Å². The Morgan fingerprint density at radius 3 is 2.75 bits per heavy atom. The summed E-state index contributed by atoms with van der Waals surface area (Å²) in [5.41, 5.74) is 0.184. The summed E-state index contributed by atoms with van der Waals surface area (Å²) in [6.07, 6.45) is 5.20. The van der Waals surface area contributed by atoms with Gasteiger partial charge in [-0.2, -0.15) is 0 Å². The molecule has 1 aromatic heterocycles. The number of halogens is 1. The second-order valence-corrected chi connectivity index (χ2v) is 4.66. The Morgan fingerprint density at radius 2 is 2.25 bits per heavy atom. The molecule has 4 heteroatoms. The minimum absolute atomic E-state index is 0.184. The Morgan fingerprint density at radius 1 is 1.50 bits per heavy atom. The third-order valence-corrected chi connectivity index (χ3v) is 3.58. The highest BCUT2D eigenvalue weighted by atomic mass is 19.1. The number of aromatic nitrogens is 1. The molecular formula is C12H18FN3. The molecule has 1 heterocycles. The van der Waals surface area contributed by atoms with Crippen LogP contribution in [0.2, 0.25) is 0 Å². The second-order valence-electron chi connectivity index (χ2n) is 4.66. The molecule has 0 bridgehead atoms. The van der Waals surface area contributed by atoms with Gasteiger partial charge in [-0.05, 0) is 45.5 Å². The third-order valence-electron chi connectivity index (χ3n) is 3.58. The summed E-state index contributed by atoms with van der Waals surface area (Å²) >= 11 is 0. The van der Waals surface area contributed by atoms with Crippen molar-refractivity contribution in [3.63, 3.8) is 0 Å². The van der Waals surface area contributed by atoms with E-state index >= 15 is 0 Å². The number of nitrogens with zero attached hydrogens (tertiary/aromatic N) is 2. The van der Waals surface area contributed by atoms with Gasteiger partial charge in [0.25, 0.3) is 0 Å². The smallest absolute Gasteiger partial charge is 0.165 e. The number of hydrogen-bond donors (Lipinski definition) is 1. The lowest BCUT2D eigenvalue weighted by Gasteiger charge is -2.47. The Hall–Kier alpha value is -1.16. The van der Waals surface area contributed by atoms with Crippen LogP contribution in [-0.4, -0.2) is 36.1 Å². The van der Waals surface area contributed by atoms with Gasteiger partial charge in [0.1, 0.15) is 0 Å². The first-order chi connectivity index (χ1) is 7.64. The van der Waals surface area contributed by atoms with E-state index in [0.717, 1.165) is 6.54 Å². The second kappa shape index (κ2) is 4.37. The fraction of sp³-hybridized carbons (Fsp3) is 0.583. The van der Waals surface area contributed by atoms with Crippen LogP contribution in [0.5, 0.6) is 0 Å². The summed E-state index contributed by atoms with van der Waals surface area (Å²) in [4.78, 5) is 6.22. The molecule has 88 valence electrons. The van der Waals surface area contributed by atoms with Crippen LogP contribution in [0.25, 0.3) is 0 Å². The summed E-state index contributed by atoms with van der Waals surface area (Å²) < 4.78 is 13.3. The Kier molecular flexibility index (Phi) is 3.10. The van der Waals surface area contributed by atoms with Gasteiger partial charge in [0.2, 0.25) is 0 Å². The molecule has 0 amide bonds. The van der Waals surface area contributed by atoms with Crippen molar-refractivity contribution in [2.75, 3.05) is 26.0 Å². The van der Waals surface area contributed by atoms with Gasteiger partial charge in [-0.15, -0.1) is 0 Å². The lowest BCUT2D eigenvalue weighted by atomic mass is 9.75. The zero-order chi connectivity index (χ0) is 11.6. The summed E-state index contributed by atoms with van der Waals surface area (Å²) in [6.45, 7) is 0.758. The molecule has 0 radical (unpaired) electrons. The maximum Gasteiger partial charge on any atom is 0.165 e. The highest BCUT2D eigenvalue weighted by Gasteiger charge is 2.38. The van der Waals surface area contributed by atoms with E-state index in [-0.39, 0.29) is 11.4 Å². The standard InChI is InChI=1S/C12H18FN3/c1-16(2)12(6-4-7-12)9-15-11-10(13)5-3-8-14-11/h3,5,8H,4,6-7,9H2,1-2H3,(H,14,15). The molecule has 1 aliphatic carbocycles. The largest absolute Gasteiger partial charge is 0.366 e. The Bertz CT molecular complexity index is 361. The molecular weight excluding hydrogens is 205 g/mol. The van der Waals surface area contributed by atoms with Crippen molar-refractivity contribution >= 4 is 5.82 Å². The van der Waals surface area contributed by atoms with Gasteiger partial charge in [0.05, 0.1) is 0 Å². The van der Waals surface area contributed by atoms with Crippen molar-refractivity contribution in [2.24, 2.45) is 0 Å². The molecule has 1 saturated carbocycles. The number of hydrogen-bond acceptors (Lipinski definition) is 3. The van der Waals surface area contributed by atoms with Crippen LogP contribution < -0.4 is 5.32 Å². The number of rotatable bonds is 4. The molecule has 3 nitrogen and oxygen atoms in total. The average Bonchev–Trinajstić information content (AvgIpc) is 2.18. The molecule has 1 N–H and O–H groups in total. The van der Waals surface area contributed by atoms with Crippen LogP contribution in [0.4, 0.5) is 10.2 Å². The first-order valence-electron chi connectivity index (χ1n) is 5.66. The molecule has 1 aromatic rings. The minimum Gasteiger partial charge on any atom is -0.366 e. The molecule has 16 heavy (non-hydrogen) atoms. The van der Waals surface area contributed by atoms with Crippen molar-refractivity contribution in [2.45, 2.75) is 24.8 Å². The zero-order valence-corrected chi connectivity index (χ0v) is 9.83. The van der Waals surface area contributed by atoms with E-state index in [9.17, 15) is 4.39 Å². The molecule has 2 rings (SSSR count). The first kappa shape index (κ1) is 11.3. The maximum atomic E-state index is 13.3. The molecule has 0 aromatic carbocycles. The van der Waals surface area contributed by atoms with Crippen LogP contribution in [0.15, 0.2) is 18.3 Å². The van der Waals surface area contributed by atoms with Gasteiger partial charge in [0, 0.05) is 18.3 Å². The highest BCUT2D eigenvalue weighted by Crippen LogP contribution is 2.36. The molecule has 0 atom stereocenters. The van der Waals surface area contributed by atoms with Crippen LogP contribution in [0.1, 0.15) is 19.3 Å². The summed E-state index contributed by atoms with van der Waals surface area (Å²) in [7, 11) is 4.16. The molecule has 1 fully saturated rings. The van der Waals surface area contributed by atoms with Crippen LogP contribution >= 0.6 is 0 Å². The molecule has 1 aliphatic rings. The van der Waals surface area contributed by atoms with Crippen molar-refractivity contribution in [1.82, 2.24) is 9.88 Å². The summed E-state index contributed by atoms with van der Waals surface area (Å²) in [5.74, 6) is 0.0753. The van der Waals surface area contributed by atoms with E-state index in [2.05, 4.69) is 29.3 Å². The quantitative estimate of drug-likeness (QED) is 0.847. The third kappa shape index (κ3) is 2.02. The van der Waals surface area contributed by atoms with Gasteiger partial charge in [-0.1, -0.05) is 0 Å². The van der Waals surface area contributed by atoms with Gasteiger partial charge in [-0.3, -0.25) is 0 Å². The predicted molar refractivity (Wildman–Crippen MR) is 63.0 cm³/mol. The van der Waals surface area contributed by atoms with E-state index in [0.29, 0.717) is 5.82 Å². The fourth-order valence-corrected chi connectivity index (χ4v) is 2.13. The topological polar surface area (TPSA) is 28.2 Å². The lowest BCUT2D eigenvalue weighted by Crippen LogP contribution is -2.54. The van der Waals surface area contributed by atoms with E-state index in [4.69, 9.17) is 0 Å². The lowest BCUT2D eigenvalue weighted by molar-refractivity contribution is 0.0737. The highest BCUT2D eigenvalue weighted by molar-refractivity contribution is 5.36. The van der Waals surface area contributed by atoms with Gasteiger partial charge < -0.3 is 10.2 Å². The van der Waals surface area contributed by atoms with Crippen LogP contribution in [0, 0.1) is 5.82 Å². The maximum absolute atomic E-state index is 13.3. The summed E-state index contributed by atoms with van der Waals surface area (Å²) in [5, 5.41) is 3.11. The van der Waals surface area contributed by atoms with Crippen LogP contribution in [-0.2, 0) is 0 Å². The van der Waals surface area contributed by atoms with E-state index < -0.39 is 0 Å². The number of nitrogens with one attached hydrogen (secondary N) is 1. The molecule has 0 saturated heterocycles. The fourth-order valence-electron chi connectivity index (χ4n) is 2.13. The monoisotopic (exact) mass is 223 g/mol. The number of likely N-dealkylation sites (N-methyl/N-ethyl adjacent to an activating group) is 1. The Balaban J connectivity index is 1.99. The minimum atomic E-state index is -0.282. The number of anilines is 1. The molecule has 0 aliphatic heterocycles. The van der Waals surface area contributed by atoms with Crippen molar-refractivity contribution in [3.8, 4) is 0 Å². The van der Waals surface area contributed by atoms with Crippen LogP contribution in [0.3, 0.4) is 0 Å². The zero-order valence-electron chi connectivity index (χ0n) is 9.83. The normalized spacial score (nSPS) is 18.2. The number of pyridine rings is 1. The van der Waals surface area contributed by atoms with Gasteiger partial charge in [-0.25, -0.2) is 9.37 Å². The molecule has 0 unspecified atom stereocenters. The van der Waals surface area contributed by atoms with Gasteiger partial charge in [0.15, 0.2) is 11.6 Å². The Labute approximate surface area is 95.7 Å². The predicted octanol–water partition coefficient (Wildman–Crippen LogP) is 2.12. The van der Waals surface area contributed by atoms with Gasteiger partial charge >= 0.3 is 0 Å². The van der Waals surface area contributed by atoms with Crippen molar-refractivity contribution < 1.29 is 4.39 Å². The van der Waals surface area contributed by atoms with E-state index in [1.807, 2.05) is 0 Å². The SMILES string of the molecule is CN(C)C1(CNc2ncccc2F)CCC1. The van der Waals surface area contributed by atoms with E-state index in [1.165, 1.54) is 25.3 Å². The van der Waals surface area contributed by atoms with Crippen molar-refractivity contribution in [3.05, 3.63) is 24.1 Å². The van der Waals surface area contributed by atoms with E-state index in [1.54, 1.807) is 12.3 Å². The first-order valence-corrected chi connectivity index (χ1v) is 5.66. The summed E-state index contributed by atoms with van der Waals surface area (Å²) in [6, 6.07) is 3.03.